The van der Waals surface area contributed by atoms with Crippen LogP contribution in [0.2, 0.25) is 5.02 Å². The number of rotatable bonds is 4. The normalized spacial score (nSPS) is 10.2. The Morgan fingerprint density at radius 2 is 1.96 bits per heavy atom. The van der Waals surface area contributed by atoms with Crippen molar-refractivity contribution in [3.63, 3.8) is 0 Å². The summed E-state index contributed by atoms with van der Waals surface area (Å²) < 4.78 is 10.7. The molecule has 4 nitrogen and oxygen atoms in total. The van der Waals surface area contributed by atoms with Crippen molar-refractivity contribution in [3.05, 3.63) is 70.0 Å². The molecule has 0 amide bonds. The van der Waals surface area contributed by atoms with Crippen LogP contribution in [-0.4, -0.2) is 20.2 Å². The van der Waals surface area contributed by atoms with Gasteiger partial charge in [0.05, 0.1) is 11.6 Å². The topological polar surface area (TPSA) is 42.7 Å². The Hall–Kier alpha value is -2.90. The van der Waals surface area contributed by atoms with Crippen molar-refractivity contribution in [2.24, 2.45) is 0 Å². The van der Waals surface area contributed by atoms with Gasteiger partial charge in [-0.15, -0.1) is 0 Å². The highest BCUT2D eigenvalue weighted by Crippen LogP contribution is 2.23. The summed E-state index contributed by atoms with van der Waals surface area (Å²) in [6, 6.07) is 16.1. The number of ether oxygens (including phenoxy) is 1. The van der Waals surface area contributed by atoms with E-state index in [9.17, 15) is 4.79 Å². The van der Waals surface area contributed by atoms with Gasteiger partial charge in [-0.05, 0) is 36.4 Å². The molecule has 0 atom stereocenters. The maximum Gasteiger partial charge on any atom is 0.336 e. The van der Waals surface area contributed by atoms with E-state index >= 15 is 0 Å². The van der Waals surface area contributed by atoms with Crippen LogP contribution in [0.3, 0.4) is 0 Å². The number of hydrogen-bond donors (Lipinski definition) is 0. The summed E-state index contributed by atoms with van der Waals surface area (Å²) in [6.45, 7) is 0.828. The predicted molar refractivity (Wildman–Crippen MR) is 100 cm³/mol. The van der Waals surface area contributed by atoms with E-state index in [0.29, 0.717) is 22.9 Å². The molecule has 1 aromatic heterocycles. The summed E-state index contributed by atoms with van der Waals surface area (Å²) in [5.41, 5.74) is 1.21. The summed E-state index contributed by atoms with van der Waals surface area (Å²) in [5, 5.41) is 1.45. The lowest BCUT2D eigenvalue weighted by molar-refractivity contribution is 0.370. The molecule has 2 aromatic carbocycles. The first kappa shape index (κ1) is 16.9. The standard InChI is InChI=1S/C20H16ClNO3/c1-22(12-4-5-13-24-19-7-3-2-6-17(19)21)16-9-10-18-15(14-16)8-11-20(23)25-18/h2-3,6-11,14H,12-13H2,1H3. The smallest absolute Gasteiger partial charge is 0.336 e. The zero-order valence-electron chi connectivity index (χ0n) is 13.7. The van der Waals surface area contributed by atoms with Crippen LogP contribution in [0.1, 0.15) is 0 Å². The maximum absolute atomic E-state index is 11.2. The average Bonchev–Trinajstić information content (AvgIpc) is 2.62. The Labute approximate surface area is 150 Å². The third kappa shape index (κ3) is 4.34. The van der Waals surface area contributed by atoms with Crippen molar-refractivity contribution < 1.29 is 9.15 Å². The van der Waals surface area contributed by atoms with Crippen LogP contribution < -0.4 is 15.3 Å². The van der Waals surface area contributed by atoms with Gasteiger partial charge >= 0.3 is 5.63 Å². The zero-order chi connectivity index (χ0) is 17.6. The maximum atomic E-state index is 11.2. The van der Waals surface area contributed by atoms with E-state index in [1.165, 1.54) is 6.07 Å². The van der Waals surface area contributed by atoms with Crippen LogP contribution in [0.25, 0.3) is 11.0 Å². The Kier molecular flexibility index (Phi) is 5.27. The molecule has 3 aromatic rings. The minimum Gasteiger partial charge on any atom is -0.479 e. The molecule has 0 aliphatic rings. The third-order valence-electron chi connectivity index (χ3n) is 3.62. The summed E-state index contributed by atoms with van der Waals surface area (Å²) in [7, 11) is 1.95. The molecule has 126 valence electrons. The second kappa shape index (κ2) is 7.78. The lowest BCUT2D eigenvalue weighted by Crippen LogP contribution is -2.17. The first-order chi connectivity index (χ1) is 12.1. The van der Waals surface area contributed by atoms with Crippen LogP contribution >= 0.6 is 11.6 Å². The Morgan fingerprint density at radius 3 is 2.80 bits per heavy atom. The number of para-hydroxylation sites is 1. The first-order valence-corrected chi connectivity index (χ1v) is 8.09. The molecule has 0 saturated carbocycles. The second-order valence-electron chi connectivity index (χ2n) is 5.41. The van der Waals surface area contributed by atoms with Crippen LogP contribution in [0, 0.1) is 11.8 Å². The third-order valence-corrected chi connectivity index (χ3v) is 3.93. The van der Waals surface area contributed by atoms with Gasteiger partial charge in [0.25, 0.3) is 0 Å². The Morgan fingerprint density at radius 1 is 1.12 bits per heavy atom. The zero-order valence-corrected chi connectivity index (χ0v) is 14.4. The highest BCUT2D eigenvalue weighted by atomic mass is 35.5. The molecule has 0 saturated heterocycles. The number of hydrogen-bond acceptors (Lipinski definition) is 4. The minimum atomic E-state index is -0.349. The molecule has 0 N–H and O–H groups in total. The quantitative estimate of drug-likeness (QED) is 0.526. The first-order valence-electron chi connectivity index (χ1n) is 7.71. The molecular formula is C20H16ClNO3. The second-order valence-corrected chi connectivity index (χ2v) is 5.81. The van der Waals surface area contributed by atoms with E-state index in [4.69, 9.17) is 20.8 Å². The number of fused-ring (bicyclic) bond motifs is 1. The molecule has 0 aliphatic heterocycles. The SMILES string of the molecule is CN(CC#CCOc1ccccc1Cl)c1ccc2oc(=O)ccc2c1. The van der Waals surface area contributed by atoms with Crippen molar-refractivity contribution >= 4 is 28.3 Å². The molecule has 5 heteroatoms. The van der Waals surface area contributed by atoms with E-state index in [0.717, 1.165) is 11.1 Å². The Bertz CT molecular complexity index is 1000. The molecule has 0 bridgehead atoms. The van der Waals surface area contributed by atoms with Gasteiger partial charge in [0.1, 0.15) is 17.9 Å². The van der Waals surface area contributed by atoms with Crippen LogP contribution in [-0.2, 0) is 0 Å². The van der Waals surface area contributed by atoms with Gasteiger partial charge in [-0.25, -0.2) is 4.79 Å². The number of halogens is 1. The number of benzene rings is 2. The summed E-state index contributed by atoms with van der Waals surface area (Å²) in [4.78, 5) is 13.2. The fourth-order valence-electron chi connectivity index (χ4n) is 2.29. The van der Waals surface area contributed by atoms with Crippen LogP contribution in [0.15, 0.2) is 63.8 Å². The van der Waals surface area contributed by atoms with Gasteiger partial charge in [-0.3, -0.25) is 0 Å². The van der Waals surface area contributed by atoms with E-state index in [2.05, 4.69) is 11.8 Å². The molecule has 25 heavy (non-hydrogen) atoms. The van der Waals surface area contributed by atoms with Gasteiger partial charge in [0.15, 0.2) is 0 Å². The molecule has 0 unspecified atom stereocenters. The van der Waals surface area contributed by atoms with E-state index in [1.54, 1.807) is 18.2 Å². The minimum absolute atomic E-state index is 0.278. The fraction of sp³-hybridized carbons (Fsp3) is 0.150. The Balaban J connectivity index is 1.59. The number of nitrogens with zero attached hydrogens (tertiary/aromatic N) is 1. The van der Waals surface area contributed by atoms with Gasteiger partial charge in [-0.2, -0.15) is 0 Å². The van der Waals surface area contributed by atoms with Crippen molar-refractivity contribution in [2.75, 3.05) is 25.1 Å². The van der Waals surface area contributed by atoms with Crippen LogP contribution in [0.4, 0.5) is 5.69 Å². The molecule has 0 spiro atoms. The summed E-state index contributed by atoms with van der Waals surface area (Å²) in [6.07, 6.45) is 0. The van der Waals surface area contributed by atoms with Crippen molar-refractivity contribution in [1.82, 2.24) is 0 Å². The van der Waals surface area contributed by atoms with Gasteiger partial charge in [0.2, 0.25) is 0 Å². The van der Waals surface area contributed by atoms with Gasteiger partial charge in [0, 0.05) is 24.2 Å². The molecular weight excluding hydrogens is 338 g/mol. The largest absolute Gasteiger partial charge is 0.479 e. The highest BCUT2D eigenvalue weighted by molar-refractivity contribution is 6.32. The molecule has 0 radical (unpaired) electrons. The fourth-order valence-corrected chi connectivity index (χ4v) is 2.48. The van der Waals surface area contributed by atoms with Crippen molar-refractivity contribution in [3.8, 4) is 17.6 Å². The number of anilines is 1. The van der Waals surface area contributed by atoms with E-state index in [-0.39, 0.29) is 12.2 Å². The predicted octanol–water partition coefficient (Wildman–Crippen LogP) is 3.97. The lowest BCUT2D eigenvalue weighted by atomic mass is 10.2. The van der Waals surface area contributed by atoms with Crippen molar-refractivity contribution in [2.45, 2.75) is 0 Å². The van der Waals surface area contributed by atoms with Crippen molar-refractivity contribution in [1.29, 1.82) is 0 Å². The average molecular weight is 354 g/mol. The monoisotopic (exact) mass is 353 g/mol. The van der Waals surface area contributed by atoms with Crippen LogP contribution in [0.5, 0.6) is 5.75 Å². The summed E-state index contributed by atoms with van der Waals surface area (Å²) >= 11 is 6.02. The molecule has 1 heterocycles. The van der Waals surface area contributed by atoms with Gasteiger partial charge in [-0.1, -0.05) is 35.6 Å². The molecule has 3 rings (SSSR count). The molecule has 0 aliphatic carbocycles. The van der Waals surface area contributed by atoms with Gasteiger partial charge < -0.3 is 14.1 Å². The van der Waals surface area contributed by atoms with E-state index in [1.807, 2.05) is 42.3 Å². The molecule has 0 fully saturated rings. The highest BCUT2D eigenvalue weighted by Gasteiger charge is 2.03. The summed E-state index contributed by atoms with van der Waals surface area (Å²) in [5.74, 6) is 6.67. The van der Waals surface area contributed by atoms with E-state index < -0.39 is 0 Å². The lowest BCUT2D eigenvalue weighted by Gasteiger charge is -2.16.